The van der Waals surface area contributed by atoms with Crippen LogP contribution in [0.4, 0.5) is 0 Å². The molecule has 1 fully saturated rings. The van der Waals surface area contributed by atoms with Crippen LogP contribution < -0.4 is 5.32 Å². The van der Waals surface area contributed by atoms with E-state index in [1.807, 2.05) is 24.3 Å². The van der Waals surface area contributed by atoms with Crippen LogP contribution in [0.5, 0.6) is 5.75 Å². The van der Waals surface area contributed by atoms with Crippen molar-refractivity contribution in [2.45, 2.75) is 25.9 Å². The lowest BCUT2D eigenvalue weighted by Gasteiger charge is -2.18. The Hall–Kier alpha value is -2.07. The summed E-state index contributed by atoms with van der Waals surface area (Å²) in [4.78, 5) is 13.4. The van der Waals surface area contributed by atoms with Crippen molar-refractivity contribution in [2.75, 3.05) is 13.1 Å². The van der Waals surface area contributed by atoms with Crippen molar-refractivity contribution < 1.29 is 9.90 Å². The van der Waals surface area contributed by atoms with Gasteiger partial charge in [-0.2, -0.15) is 0 Å². The second-order valence-corrected chi connectivity index (χ2v) is 5.71. The van der Waals surface area contributed by atoms with Gasteiger partial charge in [0.25, 0.3) is 0 Å². The summed E-state index contributed by atoms with van der Waals surface area (Å²) < 4.78 is 0. The van der Waals surface area contributed by atoms with Gasteiger partial charge in [-0.25, -0.2) is 0 Å². The van der Waals surface area contributed by atoms with E-state index < -0.39 is 0 Å². The second kappa shape index (κ2) is 5.74. The van der Waals surface area contributed by atoms with E-state index in [-0.39, 0.29) is 11.9 Å². The average molecular weight is 284 g/mol. The predicted molar refractivity (Wildman–Crippen MR) is 83.1 cm³/mol. The molecule has 4 heteroatoms. The molecule has 1 unspecified atom stereocenters. The number of benzene rings is 2. The van der Waals surface area contributed by atoms with Gasteiger partial charge in [-0.05, 0) is 23.3 Å². The van der Waals surface area contributed by atoms with E-state index >= 15 is 0 Å². The number of amides is 1. The number of phenolic OH excluding ortho intramolecular Hbond substituents is 1. The third-order valence-electron chi connectivity index (χ3n) is 4.08. The highest BCUT2D eigenvalue weighted by atomic mass is 16.3. The summed E-state index contributed by atoms with van der Waals surface area (Å²) in [5.74, 6) is 0.367. The molecule has 0 spiro atoms. The lowest BCUT2D eigenvalue weighted by atomic mass is 10.0. The van der Waals surface area contributed by atoms with Crippen LogP contribution in [0, 0.1) is 0 Å². The van der Waals surface area contributed by atoms with Crippen LogP contribution >= 0.6 is 0 Å². The number of rotatable bonds is 3. The molecule has 3 rings (SSSR count). The summed E-state index contributed by atoms with van der Waals surface area (Å²) in [5.41, 5.74) is 0.969. The first-order valence-corrected chi connectivity index (χ1v) is 7.32. The van der Waals surface area contributed by atoms with Gasteiger partial charge < -0.3 is 10.4 Å². The summed E-state index contributed by atoms with van der Waals surface area (Å²) in [7, 11) is 0. The highest BCUT2D eigenvalue weighted by Crippen LogP contribution is 2.29. The van der Waals surface area contributed by atoms with E-state index in [0.717, 1.165) is 35.8 Å². The number of nitrogens with one attached hydrogen (secondary N) is 1. The molecule has 110 valence electrons. The van der Waals surface area contributed by atoms with Crippen molar-refractivity contribution in [3.63, 3.8) is 0 Å². The summed E-state index contributed by atoms with van der Waals surface area (Å²) in [6.45, 7) is 4.04. The third kappa shape index (κ3) is 3.00. The fourth-order valence-corrected chi connectivity index (χ4v) is 3.10. The zero-order chi connectivity index (χ0) is 14.8. The quantitative estimate of drug-likeness (QED) is 0.909. The van der Waals surface area contributed by atoms with Crippen LogP contribution in [0.25, 0.3) is 10.8 Å². The van der Waals surface area contributed by atoms with E-state index in [4.69, 9.17) is 0 Å². The molecule has 4 nitrogen and oxygen atoms in total. The van der Waals surface area contributed by atoms with E-state index in [1.165, 1.54) is 0 Å². The minimum atomic E-state index is 0.0230. The average Bonchev–Trinajstić information content (AvgIpc) is 2.88. The van der Waals surface area contributed by atoms with Crippen molar-refractivity contribution in [1.82, 2.24) is 10.2 Å². The zero-order valence-corrected chi connectivity index (χ0v) is 12.2. The highest BCUT2D eigenvalue weighted by molar-refractivity contribution is 5.87. The van der Waals surface area contributed by atoms with Crippen LogP contribution in [0.1, 0.15) is 18.9 Å². The maximum Gasteiger partial charge on any atom is 0.217 e. The van der Waals surface area contributed by atoms with Gasteiger partial charge in [0, 0.05) is 38.2 Å². The Kier molecular flexibility index (Phi) is 3.80. The Morgan fingerprint density at radius 3 is 2.95 bits per heavy atom. The van der Waals surface area contributed by atoms with Crippen molar-refractivity contribution >= 4 is 16.7 Å². The molecule has 1 aliphatic heterocycles. The van der Waals surface area contributed by atoms with Gasteiger partial charge in [0.15, 0.2) is 0 Å². The maximum absolute atomic E-state index is 11.1. The Morgan fingerprint density at radius 1 is 1.33 bits per heavy atom. The van der Waals surface area contributed by atoms with E-state index in [0.29, 0.717) is 12.3 Å². The number of nitrogens with zero attached hydrogens (tertiary/aromatic N) is 1. The van der Waals surface area contributed by atoms with Crippen LogP contribution in [0.15, 0.2) is 36.4 Å². The van der Waals surface area contributed by atoms with Gasteiger partial charge in [0.2, 0.25) is 5.91 Å². The Labute approximate surface area is 124 Å². The van der Waals surface area contributed by atoms with Gasteiger partial charge in [0.1, 0.15) is 5.75 Å². The fourth-order valence-electron chi connectivity index (χ4n) is 3.10. The van der Waals surface area contributed by atoms with E-state index in [1.54, 1.807) is 13.0 Å². The van der Waals surface area contributed by atoms with Gasteiger partial charge in [-0.15, -0.1) is 0 Å². The van der Waals surface area contributed by atoms with Crippen molar-refractivity contribution in [2.24, 2.45) is 0 Å². The predicted octanol–water partition coefficient (Wildman–Crippen LogP) is 2.26. The first-order valence-electron chi connectivity index (χ1n) is 7.32. The Bertz CT molecular complexity index is 669. The third-order valence-corrected chi connectivity index (χ3v) is 4.08. The number of phenols is 1. The van der Waals surface area contributed by atoms with Crippen molar-refractivity contribution in [1.29, 1.82) is 0 Å². The maximum atomic E-state index is 11.1. The molecule has 1 aliphatic rings. The van der Waals surface area contributed by atoms with E-state index in [9.17, 15) is 9.90 Å². The molecule has 1 saturated heterocycles. The lowest BCUT2D eigenvalue weighted by molar-refractivity contribution is -0.119. The lowest BCUT2D eigenvalue weighted by Crippen LogP contribution is -2.35. The van der Waals surface area contributed by atoms with Gasteiger partial charge in [0.05, 0.1) is 0 Å². The molecule has 1 atom stereocenters. The normalized spacial score (nSPS) is 19.0. The Balaban J connectivity index is 1.79. The van der Waals surface area contributed by atoms with Crippen LogP contribution in [0.2, 0.25) is 0 Å². The Morgan fingerprint density at radius 2 is 2.14 bits per heavy atom. The van der Waals surface area contributed by atoms with Crippen LogP contribution in [0.3, 0.4) is 0 Å². The minimum Gasteiger partial charge on any atom is -0.508 e. The second-order valence-electron chi connectivity index (χ2n) is 5.71. The molecule has 2 aromatic carbocycles. The first kappa shape index (κ1) is 13.9. The number of fused-ring (bicyclic) bond motifs is 1. The summed E-state index contributed by atoms with van der Waals surface area (Å²) >= 11 is 0. The van der Waals surface area contributed by atoms with Crippen molar-refractivity contribution in [3.05, 3.63) is 42.0 Å². The van der Waals surface area contributed by atoms with Crippen LogP contribution in [-0.4, -0.2) is 35.0 Å². The smallest absolute Gasteiger partial charge is 0.217 e. The van der Waals surface area contributed by atoms with Crippen LogP contribution in [-0.2, 0) is 11.3 Å². The summed E-state index contributed by atoms with van der Waals surface area (Å²) in [6, 6.07) is 12.0. The molecule has 2 N–H and O–H groups in total. The molecule has 1 amide bonds. The molecule has 21 heavy (non-hydrogen) atoms. The molecule has 0 aliphatic carbocycles. The van der Waals surface area contributed by atoms with Crippen molar-refractivity contribution in [3.8, 4) is 5.75 Å². The molecule has 0 aromatic heterocycles. The molecule has 0 bridgehead atoms. The van der Waals surface area contributed by atoms with E-state index in [2.05, 4.69) is 16.3 Å². The summed E-state index contributed by atoms with van der Waals surface area (Å²) in [5, 5.41) is 15.4. The molecule has 0 radical (unpaired) electrons. The van der Waals surface area contributed by atoms with Gasteiger partial charge in [-0.3, -0.25) is 9.69 Å². The monoisotopic (exact) mass is 284 g/mol. The number of carbonyl (C=O) groups excluding carboxylic acids is 1. The van der Waals surface area contributed by atoms with Gasteiger partial charge >= 0.3 is 0 Å². The van der Waals surface area contributed by atoms with Gasteiger partial charge in [-0.1, -0.05) is 30.3 Å². The number of aromatic hydroxyl groups is 1. The summed E-state index contributed by atoms with van der Waals surface area (Å²) in [6.07, 6.45) is 0.963. The zero-order valence-electron chi connectivity index (χ0n) is 12.2. The molecular weight excluding hydrogens is 264 g/mol. The highest BCUT2D eigenvalue weighted by Gasteiger charge is 2.24. The molecule has 2 aromatic rings. The number of hydrogen-bond donors (Lipinski definition) is 2. The fraction of sp³-hybridized carbons (Fsp3) is 0.353. The first-order chi connectivity index (χ1) is 10.1. The largest absolute Gasteiger partial charge is 0.508 e. The number of likely N-dealkylation sites (tertiary alicyclic amines) is 1. The molecular formula is C17H20N2O2. The molecule has 1 heterocycles. The minimum absolute atomic E-state index is 0.0230. The SMILES string of the molecule is CC(=O)NC1CCN(Cc2c(O)ccc3ccccc23)C1. The number of carbonyl (C=O) groups is 1. The topological polar surface area (TPSA) is 52.6 Å². The standard InChI is InChI=1S/C17H20N2O2/c1-12(20)18-14-8-9-19(10-14)11-16-15-5-3-2-4-13(15)6-7-17(16)21/h2-7,14,21H,8-11H2,1H3,(H,18,20). The number of hydrogen-bond acceptors (Lipinski definition) is 3. The molecule has 0 saturated carbocycles.